The molecule has 0 aliphatic carbocycles. The van der Waals surface area contributed by atoms with E-state index in [0.29, 0.717) is 25.2 Å². The molecule has 104 valence electrons. The first-order valence-corrected chi connectivity index (χ1v) is 7.00. The number of likely N-dealkylation sites (N-methyl/N-ethyl adjacent to an activating group) is 1. The van der Waals surface area contributed by atoms with Gasteiger partial charge in [0.25, 0.3) is 0 Å². The van der Waals surface area contributed by atoms with Gasteiger partial charge < -0.3 is 15.5 Å². The summed E-state index contributed by atoms with van der Waals surface area (Å²) in [6.45, 7) is 1.66. The highest BCUT2D eigenvalue weighted by Gasteiger charge is 2.36. The van der Waals surface area contributed by atoms with Gasteiger partial charge in [-0.2, -0.15) is 0 Å². The number of amides is 2. The number of rotatable bonds is 4. The van der Waals surface area contributed by atoms with Gasteiger partial charge in [-0.25, -0.2) is 9.18 Å². The summed E-state index contributed by atoms with van der Waals surface area (Å²) in [6.07, 6.45) is 0.757. The fourth-order valence-corrected chi connectivity index (χ4v) is 2.69. The Labute approximate surface area is 120 Å². The number of carbonyl (C=O) groups is 1. The van der Waals surface area contributed by atoms with Crippen molar-refractivity contribution in [1.82, 2.24) is 9.80 Å². The minimum Gasteiger partial charge on any atom is -0.330 e. The van der Waals surface area contributed by atoms with Gasteiger partial charge in [0, 0.05) is 30.2 Å². The molecule has 0 aromatic heterocycles. The average molecular weight is 330 g/mol. The van der Waals surface area contributed by atoms with E-state index < -0.39 is 0 Å². The van der Waals surface area contributed by atoms with E-state index in [-0.39, 0.29) is 17.9 Å². The molecule has 4 nitrogen and oxygen atoms in total. The van der Waals surface area contributed by atoms with Crippen LogP contribution < -0.4 is 5.73 Å². The summed E-state index contributed by atoms with van der Waals surface area (Å²) in [5.74, 6) is -0.284. The Morgan fingerprint density at radius 1 is 1.53 bits per heavy atom. The number of carbonyl (C=O) groups excluding carboxylic acids is 1. The van der Waals surface area contributed by atoms with E-state index in [4.69, 9.17) is 5.73 Å². The molecule has 1 atom stereocenters. The monoisotopic (exact) mass is 329 g/mol. The van der Waals surface area contributed by atoms with Crippen molar-refractivity contribution < 1.29 is 9.18 Å². The lowest BCUT2D eigenvalue weighted by Crippen LogP contribution is -2.31. The fraction of sp³-hybridized carbons (Fsp3) is 0.462. The lowest BCUT2D eigenvalue weighted by molar-refractivity contribution is 0.195. The summed E-state index contributed by atoms with van der Waals surface area (Å²) < 4.78 is 14.7. The minimum absolute atomic E-state index is 0.0715. The molecule has 1 aliphatic rings. The molecule has 1 aromatic rings. The van der Waals surface area contributed by atoms with Gasteiger partial charge in [-0.15, -0.1) is 0 Å². The van der Waals surface area contributed by atoms with Crippen LogP contribution in [0.1, 0.15) is 18.0 Å². The molecular formula is C13H17BrFN3O. The Morgan fingerprint density at radius 2 is 2.26 bits per heavy atom. The molecule has 2 N–H and O–H groups in total. The second kappa shape index (κ2) is 5.88. The van der Waals surface area contributed by atoms with E-state index in [2.05, 4.69) is 15.9 Å². The van der Waals surface area contributed by atoms with Crippen LogP contribution in [-0.2, 0) is 0 Å². The van der Waals surface area contributed by atoms with Gasteiger partial charge >= 0.3 is 6.03 Å². The first-order valence-electron chi connectivity index (χ1n) is 6.21. The van der Waals surface area contributed by atoms with Crippen LogP contribution in [0.2, 0.25) is 0 Å². The zero-order valence-electron chi connectivity index (χ0n) is 10.8. The zero-order chi connectivity index (χ0) is 14.0. The molecule has 6 heteroatoms. The highest BCUT2D eigenvalue weighted by atomic mass is 79.9. The maximum Gasteiger partial charge on any atom is 0.320 e. The quantitative estimate of drug-likeness (QED) is 0.921. The average Bonchev–Trinajstić information content (AvgIpc) is 2.67. The molecule has 1 heterocycles. The van der Waals surface area contributed by atoms with Crippen molar-refractivity contribution >= 4 is 22.0 Å². The third-order valence-corrected chi connectivity index (χ3v) is 3.88. The van der Waals surface area contributed by atoms with E-state index in [0.717, 1.165) is 10.9 Å². The maximum absolute atomic E-state index is 13.9. The van der Waals surface area contributed by atoms with Gasteiger partial charge in [0.15, 0.2) is 0 Å². The van der Waals surface area contributed by atoms with Gasteiger partial charge in [0.05, 0.1) is 6.04 Å². The van der Waals surface area contributed by atoms with E-state index in [1.54, 1.807) is 29.0 Å². The number of halogens is 2. The van der Waals surface area contributed by atoms with Crippen molar-refractivity contribution in [2.75, 3.05) is 26.7 Å². The predicted octanol–water partition coefficient (Wildman–Crippen LogP) is 2.35. The molecule has 1 saturated heterocycles. The van der Waals surface area contributed by atoms with Crippen LogP contribution in [-0.4, -0.2) is 42.5 Å². The Morgan fingerprint density at radius 3 is 2.95 bits per heavy atom. The second-order valence-electron chi connectivity index (χ2n) is 4.66. The molecule has 1 unspecified atom stereocenters. The van der Waals surface area contributed by atoms with Gasteiger partial charge in [-0.3, -0.25) is 0 Å². The topological polar surface area (TPSA) is 49.6 Å². The number of benzene rings is 1. The summed E-state index contributed by atoms with van der Waals surface area (Å²) in [5, 5.41) is 0. The molecule has 19 heavy (non-hydrogen) atoms. The molecule has 0 saturated carbocycles. The van der Waals surface area contributed by atoms with Crippen molar-refractivity contribution in [2.45, 2.75) is 12.5 Å². The van der Waals surface area contributed by atoms with Crippen LogP contribution in [0, 0.1) is 5.82 Å². The Bertz CT molecular complexity index is 483. The number of urea groups is 1. The summed E-state index contributed by atoms with van der Waals surface area (Å²) in [4.78, 5) is 15.4. The van der Waals surface area contributed by atoms with Crippen molar-refractivity contribution in [3.05, 3.63) is 34.1 Å². The van der Waals surface area contributed by atoms with E-state index in [1.165, 1.54) is 6.07 Å². The minimum atomic E-state index is -0.284. The molecule has 0 bridgehead atoms. The highest BCUT2D eigenvalue weighted by Crippen LogP contribution is 2.31. The largest absolute Gasteiger partial charge is 0.330 e. The van der Waals surface area contributed by atoms with Crippen LogP contribution in [0.3, 0.4) is 0 Å². The predicted molar refractivity (Wildman–Crippen MR) is 75.2 cm³/mol. The molecule has 2 rings (SSSR count). The Hall–Kier alpha value is -1.14. The summed E-state index contributed by atoms with van der Waals surface area (Å²) in [6, 6.07) is 4.48. The van der Waals surface area contributed by atoms with E-state index >= 15 is 0 Å². The van der Waals surface area contributed by atoms with Crippen LogP contribution in [0.25, 0.3) is 0 Å². The van der Waals surface area contributed by atoms with Crippen molar-refractivity contribution in [3.63, 3.8) is 0 Å². The maximum atomic E-state index is 13.9. The van der Waals surface area contributed by atoms with Crippen molar-refractivity contribution in [3.8, 4) is 0 Å². The van der Waals surface area contributed by atoms with Gasteiger partial charge in [-0.05, 0) is 31.2 Å². The van der Waals surface area contributed by atoms with Crippen LogP contribution in [0.4, 0.5) is 9.18 Å². The Balaban J connectivity index is 2.21. The summed E-state index contributed by atoms with van der Waals surface area (Å²) in [7, 11) is 1.70. The first kappa shape index (κ1) is 14.3. The van der Waals surface area contributed by atoms with Crippen LogP contribution in [0.15, 0.2) is 22.7 Å². The first-order chi connectivity index (χ1) is 9.04. The molecule has 2 amide bonds. The Kier molecular flexibility index (Phi) is 4.42. The van der Waals surface area contributed by atoms with Crippen LogP contribution >= 0.6 is 15.9 Å². The smallest absolute Gasteiger partial charge is 0.320 e. The zero-order valence-corrected chi connectivity index (χ0v) is 12.4. The van der Waals surface area contributed by atoms with Gasteiger partial charge in [0.1, 0.15) is 5.82 Å². The SMILES string of the molecule is CN1C(=O)N(CCCN)CC1c1cc(Br)ccc1F. The fourth-order valence-electron chi connectivity index (χ4n) is 2.31. The number of hydrogen-bond donors (Lipinski definition) is 1. The number of hydrogen-bond acceptors (Lipinski definition) is 2. The molecule has 0 spiro atoms. The molecule has 1 aliphatic heterocycles. The van der Waals surface area contributed by atoms with E-state index in [1.807, 2.05) is 0 Å². The van der Waals surface area contributed by atoms with Gasteiger partial charge in [0.2, 0.25) is 0 Å². The van der Waals surface area contributed by atoms with E-state index in [9.17, 15) is 9.18 Å². The number of nitrogens with two attached hydrogens (primary N) is 1. The van der Waals surface area contributed by atoms with Gasteiger partial charge in [-0.1, -0.05) is 15.9 Å². The second-order valence-corrected chi connectivity index (χ2v) is 5.58. The number of nitrogens with zero attached hydrogens (tertiary/aromatic N) is 2. The van der Waals surface area contributed by atoms with Crippen LogP contribution in [0.5, 0.6) is 0 Å². The third-order valence-electron chi connectivity index (χ3n) is 3.38. The molecular weight excluding hydrogens is 313 g/mol. The third kappa shape index (κ3) is 2.90. The molecule has 0 radical (unpaired) electrons. The standard InChI is InChI=1S/C13H17BrFN3O/c1-17-12(8-18(13(17)19)6-2-5-16)10-7-9(14)3-4-11(10)15/h3-4,7,12H,2,5-6,8,16H2,1H3. The lowest BCUT2D eigenvalue weighted by atomic mass is 10.1. The highest BCUT2D eigenvalue weighted by molar-refractivity contribution is 9.10. The van der Waals surface area contributed by atoms with Crippen molar-refractivity contribution in [1.29, 1.82) is 0 Å². The normalized spacial score (nSPS) is 19.4. The summed E-state index contributed by atoms with van der Waals surface area (Å²) in [5.41, 5.74) is 6.00. The summed E-state index contributed by atoms with van der Waals surface area (Å²) >= 11 is 3.34. The van der Waals surface area contributed by atoms with Crippen molar-refractivity contribution in [2.24, 2.45) is 5.73 Å². The molecule has 1 aromatic carbocycles. The molecule has 1 fully saturated rings. The lowest BCUT2D eigenvalue weighted by Gasteiger charge is -2.18.